The number of amides is 1. The van der Waals surface area contributed by atoms with E-state index in [0.29, 0.717) is 6.42 Å². The van der Waals surface area contributed by atoms with Crippen LogP contribution in [0.4, 0.5) is 8.78 Å². The van der Waals surface area contributed by atoms with E-state index in [-0.39, 0.29) is 18.5 Å². The highest BCUT2D eigenvalue weighted by Crippen LogP contribution is 2.37. The van der Waals surface area contributed by atoms with E-state index in [2.05, 4.69) is 20.4 Å². The molecule has 4 aromatic heterocycles. The maximum Gasteiger partial charge on any atom is 0.270 e. The number of pyridine rings is 2. The Bertz CT molecular complexity index is 1260. The SMILES string of the molecule is Cn1cc(-c2ccc(Cc3cc(C(=O)NC4CC(F)(F)C4)nc4ccsc34)cn2)cn1. The zero-order valence-corrected chi connectivity index (χ0v) is 17.5. The van der Waals surface area contributed by atoms with Crippen LogP contribution in [0.5, 0.6) is 0 Å². The van der Waals surface area contributed by atoms with Crippen LogP contribution >= 0.6 is 11.3 Å². The number of rotatable bonds is 5. The summed E-state index contributed by atoms with van der Waals surface area (Å²) in [4.78, 5) is 21.6. The third kappa shape index (κ3) is 4.05. The fraction of sp³-hybridized carbons (Fsp3) is 0.273. The third-order valence-corrected chi connectivity index (χ3v) is 6.35. The molecule has 0 aromatic carbocycles. The smallest absolute Gasteiger partial charge is 0.270 e. The van der Waals surface area contributed by atoms with Crippen molar-refractivity contribution in [2.24, 2.45) is 7.05 Å². The fourth-order valence-corrected chi connectivity index (χ4v) is 4.62. The maximum absolute atomic E-state index is 13.1. The summed E-state index contributed by atoms with van der Waals surface area (Å²) in [6, 6.07) is 7.06. The molecule has 1 N–H and O–H groups in total. The molecule has 5 rings (SSSR count). The first kappa shape index (κ1) is 19.7. The lowest BCUT2D eigenvalue weighted by molar-refractivity contribution is -0.0901. The van der Waals surface area contributed by atoms with Crippen molar-refractivity contribution in [1.29, 1.82) is 0 Å². The number of hydrogen-bond acceptors (Lipinski definition) is 5. The molecular formula is C22H19F2N5OS. The molecule has 0 bridgehead atoms. The predicted octanol–water partition coefficient (Wildman–Crippen LogP) is 4.21. The van der Waals surface area contributed by atoms with Crippen molar-refractivity contribution in [2.75, 3.05) is 0 Å². The van der Waals surface area contributed by atoms with Crippen LogP contribution in [0.1, 0.15) is 34.5 Å². The highest BCUT2D eigenvalue weighted by Gasteiger charge is 2.46. The van der Waals surface area contributed by atoms with Gasteiger partial charge in [0.1, 0.15) is 5.69 Å². The molecule has 4 aromatic rings. The quantitative estimate of drug-likeness (QED) is 0.506. The van der Waals surface area contributed by atoms with E-state index in [1.165, 1.54) is 0 Å². The zero-order chi connectivity index (χ0) is 21.6. The van der Waals surface area contributed by atoms with Gasteiger partial charge in [-0.25, -0.2) is 13.8 Å². The number of nitrogens with zero attached hydrogens (tertiary/aromatic N) is 4. The third-order valence-electron chi connectivity index (χ3n) is 5.37. The number of fused-ring (bicyclic) bond motifs is 1. The van der Waals surface area contributed by atoms with E-state index in [9.17, 15) is 13.6 Å². The molecule has 1 aliphatic carbocycles. The molecule has 0 radical (unpaired) electrons. The average molecular weight is 439 g/mol. The minimum Gasteiger partial charge on any atom is -0.348 e. The van der Waals surface area contributed by atoms with Crippen molar-refractivity contribution < 1.29 is 13.6 Å². The molecule has 4 heterocycles. The fourth-order valence-electron chi connectivity index (χ4n) is 3.77. The average Bonchev–Trinajstić information content (AvgIpc) is 3.36. The summed E-state index contributed by atoms with van der Waals surface area (Å²) in [6.07, 6.45) is 5.44. The standard InChI is InChI=1S/C22H19F2N5OS/c1-29-12-15(11-26-29)17-3-2-13(10-25-17)6-14-7-19(28-18-4-5-31-20(14)18)21(30)27-16-8-22(23,24)9-16/h2-5,7,10-12,16H,6,8-9H2,1H3,(H,27,30). The lowest BCUT2D eigenvalue weighted by Crippen LogP contribution is -2.50. The lowest BCUT2D eigenvalue weighted by atomic mass is 9.88. The van der Waals surface area contributed by atoms with E-state index >= 15 is 0 Å². The molecule has 1 aliphatic rings. The predicted molar refractivity (Wildman–Crippen MR) is 114 cm³/mol. The van der Waals surface area contributed by atoms with Crippen LogP contribution in [0.15, 0.2) is 48.2 Å². The Kier molecular flexibility index (Phi) is 4.77. The van der Waals surface area contributed by atoms with Crippen LogP contribution in [0.3, 0.4) is 0 Å². The minimum atomic E-state index is -2.68. The van der Waals surface area contributed by atoms with E-state index in [1.807, 2.05) is 43.0 Å². The molecule has 0 saturated heterocycles. The second-order valence-electron chi connectivity index (χ2n) is 7.87. The summed E-state index contributed by atoms with van der Waals surface area (Å²) in [7, 11) is 1.86. The first-order chi connectivity index (χ1) is 14.9. The van der Waals surface area contributed by atoms with Crippen LogP contribution in [0.25, 0.3) is 21.5 Å². The summed E-state index contributed by atoms with van der Waals surface area (Å²) in [6.45, 7) is 0. The van der Waals surface area contributed by atoms with Crippen LogP contribution in [-0.4, -0.2) is 37.6 Å². The highest BCUT2D eigenvalue weighted by molar-refractivity contribution is 7.17. The van der Waals surface area contributed by atoms with Gasteiger partial charge in [0.05, 0.1) is 22.1 Å². The van der Waals surface area contributed by atoms with Gasteiger partial charge in [-0.3, -0.25) is 14.5 Å². The molecule has 9 heteroatoms. The van der Waals surface area contributed by atoms with Crippen molar-refractivity contribution in [3.8, 4) is 11.3 Å². The number of alkyl halides is 2. The second kappa shape index (κ2) is 7.49. The normalized spacial score (nSPS) is 15.7. The Morgan fingerprint density at radius 3 is 2.81 bits per heavy atom. The van der Waals surface area contributed by atoms with Gasteiger partial charge in [0.2, 0.25) is 0 Å². The van der Waals surface area contributed by atoms with Gasteiger partial charge in [0.25, 0.3) is 11.8 Å². The zero-order valence-electron chi connectivity index (χ0n) is 16.7. The number of nitrogens with one attached hydrogen (secondary N) is 1. The Hall–Kier alpha value is -3.20. The van der Waals surface area contributed by atoms with Crippen molar-refractivity contribution in [1.82, 2.24) is 25.1 Å². The van der Waals surface area contributed by atoms with Gasteiger partial charge in [-0.15, -0.1) is 11.3 Å². The molecule has 0 aliphatic heterocycles. The Morgan fingerprint density at radius 1 is 1.29 bits per heavy atom. The Balaban J connectivity index is 1.38. The molecule has 1 fully saturated rings. The van der Waals surface area contributed by atoms with Gasteiger partial charge in [-0.05, 0) is 34.7 Å². The van der Waals surface area contributed by atoms with Gasteiger partial charge in [-0.2, -0.15) is 5.10 Å². The molecule has 1 saturated carbocycles. The number of thiophene rings is 1. The van der Waals surface area contributed by atoms with E-state index < -0.39 is 17.9 Å². The van der Waals surface area contributed by atoms with Gasteiger partial charge >= 0.3 is 0 Å². The molecule has 0 unspecified atom stereocenters. The summed E-state index contributed by atoms with van der Waals surface area (Å²) in [5, 5.41) is 8.76. The number of aryl methyl sites for hydroxylation is 1. The van der Waals surface area contributed by atoms with Crippen molar-refractivity contribution in [3.63, 3.8) is 0 Å². The van der Waals surface area contributed by atoms with Crippen molar-refractivity contribution >= 4 is 27.5 Å². The van der Waals surface area contributed by atoms with Crippen LogP contribution in [-0.2, 0) is 13.5 Å². The van der Waals surface area contributed by atoms with Crippen LogP contribution in [0.2, 0.25) is 0 Å². The second-order valence-corrected chi connectivity index (χ2v) is 8.78. The molecule has 6 nitrogen and oxygen atoms in total. The van der Waals surface area contributed by atoms with E-state index in [0.717, 1.165) is 32.6 Å². The van der Waals surface area contributed by atoms with E-state index in [4.69, 9.17) is 0 Å². The number of carbonyl (C=O) groups excluding carboxylic acids is 1. The molecule has 31 heavy (non-hydrogen) atoms. The van der Waals surface area contributed by atoms with E-state index in [1.54, 1.807) is 28.3 Å². The largest absolute Gasteiger partial charge is 0.348 e. The molecule has 158 valence electrons. The van der Waals surface area contributed by atoms with Crippen LogP contribution in [0, 0.1) is 0 Å². The molecular weight excluding hydrogens is 420 g/mol. The minimum absolute atomic E-state index is 0.246. The Morgan fingerprint density at radius 2 is 2.13 bits per heavy atom. The number of halogens is 2. The Labute approximate surface area is 181 Å². The highest BCUT2D eigenvalue weighted by atomic mass is 32.1. The summed E-state index contributed by atoms with van der Waals surface area (Å²) >= 11 is 1.56. The lowest BCUT2D eigenvalue weighted by Gasteiger charge is -2.35. The monoisotopic (exact) mass is 439 g/mol. The summed E-state index contributed by atoms with van der Waals surface area (Å²) in [5.74, 6) is -3.09. The van der Waals surface area contributed by atoms with Gasteiger partial charge in [-0.1, -0.05) is 6.07 Å². The van der Waals surface area contributed by atoms with Crippen molar-refractivity contribution in [2.45, 2.75) is 31.2 Å². The topological polar surface area (TPSA) is 72.7 Å². The molecule has 0 spiro atoms. The molecule has 0 atom stereocenters. The number of carbonyl (C=O) groups is 1. The van der Waals surface area contributed by atoms with Crippen LogP contribution < -0.4 is 5.32 Å². The first-order valence-corrected chi connectivity index (χ1v) is 10.7. The number of hydrogen-bond donors (Lipinski definition) is 1. The van der Waals surface area contributed by atoms with Gasteiger partial charge in [0, 0.05) is 50.3 Å². The maximum atomic E-state index is 13.1. The molecule has 1 amide bonds. The first-order valence-electron chi connectivity index (χ1n) is 9.86. The number of aromatic nitrogens is 4. The van der Waals surface area contributed by atoms with Crippen molar-refractivity contribution in [3.05, 3.63) is 65.1 Å². The van der Waals surface area contributed by atoms with Gasteiger partial charge < -0.3 is 5.32 Å². The summed E-state index contributed by atoms with van der Waals surface area (Å²) < 4.78 is 28.9. The van der Waals surface area contributed by atoms with Gasteiger partial charge in [0.15, 0.2) is 0 Å². The summed E-state index contributed by atoms with van der Waals surface area (Å²) in [5.41, 5.74) is 4.71.